The van der Waals surface area contributed by atoms with E-state index in [1.807, 2.05) is 22.6 Å². The van der Waals surface area contributed by atoms with Crippen LogP contribution < -0.4 is 5.73 Å². The molecule has 0 spiro atoms. The molecule has 1 aromatic carbocycles. The summed E-state index contributed by atoms with van der Waals surface area (Å²) in [6.07, 6.45) is 0. The van der Waals surface area contributed by atoms with Crippen molar-refractivity contribution >= 4 is 45.8 Å². The standard InChI is InChI=1S/C7H4ClIN2O3/c8-6-4(7(10)12)1-3(9)2-5(6)11(13)14/h1-2H,(H2,10,12). The summed E-state index contributed by atoms with van der Waals surface area (Å²) >= 11 is 7.47. The number of amides is 1. The van der Waals surface area contributed by atoms with Crippen LogP contribution in [0.5, 0.6) is 0 Å². The van der Waals surface area contributed by atoms with E-state index in [-0.39, 0.29) is 16.3 Å². The third-order valence-corrected chi connectivity index (χ3v) is 2.50. The Labute approximate surface area is 97.5 Å². The molecule has 0 saturated heterocycles. The fourth-order valence-electron chi connectivity index (χ4n) is 0.887. The number of primary amides is 1. The van der Waals surface area contributed by atoms with E-state index < -0.39 is 10.8 Å². The van der Waals surface area contributed by atoms with Crippen molar-refractivity contribution in [2.75, 3.05) is 0 Å². The first-order chi connectivity index (χ1) is 6.43. The van der Waals surface area contributed by atoms with E-state index in [9.17, 15) is 14.9 Å². The maximum atomic E-state index is 10.9. The highest BCUT2D eigenvalue weighted by Gasteiger charge is 2.19. The van der Waals surface area contributed by atoms with Crippen LogP contribution in [0.3, 0.4) is 0 Å². The third-order valence-electron chi connectivity index (χ3n) is 1.48. The summed E-state index contributed by atoms with van der Waals surface area (Å²) in [5.74, 6) is -0.781. The van der Waals surface area contributed by atoms with Gasteiger partial charge in [0.05, 0.1) is 10.5 Å². The van der Waals surface area contributed by atoms with Gasteiger partial charge >= 0.3 is 0 Å². The average Bonchev–Trinajstić information content (AvgIpc) is 2.07. The van der Waals surface area contributed by atoms with Gasteiger partial charge in [0, 0.05) is 9.64 Å². The lowest BCUT2D eigenvalue weighted by Gasteiger charge is -2.01. The topological polar surface area (TPSA) is 86.2 Å². The molecule has 0 aliphatic rings. The molecule has 2 N–H and O–H groups in total. The Bertz CT molecular complexity index is 386. The molecule has 0 aliphatic carbocycles. The maximum Gasteiger partial charge on any atom is 0.289 e. The summed E-state index contributed by atoms with van der Waals surface area (Å²) in [5, 5.41) is 10.3. The molecule has 0 radical (unpaired) electrons. The largest absolute Gasteiger partial charge is 0.366 e. The second-order valence-electron chi connectivity index (χ2n) is 2.41. The summed E-state index contributed by atoms with van der Waals surface area (Å²) in [6, 6.07) is 2.67. The Morgan fingerprint density at radius 1 is 1.57 bits per heavy atom. The third kappa shape index (κ3) is 2.13. The number of benzene rings is 1. The molecule has 14 heavy (non-hydrogen) atoms. The van der Waals surface area contributed by atoms with E-state index >= 15 is 0 Å². The first-order valence-electron chi connectivity index (χ1n) is 3.36. The maximum absolute atomic E-state index is 10.9. The van der Waals surface area contributed by atoms with Gasteiger partial charge in [0.15, 0.2) is 0 Å². The van der Waals surface area contributed by atoms with Crippen molar-refractivity contribution in [2.45, 2.75) is 0 Å². The van der Waals surface area contributed by atoms with Gasteiger partial charge in [0.1, 0.15) is 5.02 Å². The number of carbonyl (C=O) groups excluding carboxylic acids is 1. The van der Waals surface area contributed by atoms with Crippen LogP contribution in [-0.2, 0) is 0 Å². The zero-order chi connectivity index (χ0) is 10.9. The first-order valence-corrected chi connectivity index (χ1v) is 4.82. The average molecular weight is 326 g/mol. The molecule has 5 nitrogen and oxygen atoms in total. The minimum Gasteiger partial charge on any atom is -0.366 e. The molecule has 0 unspecified atom stereocenters. The lowest BCUT2D eigenvalue weighted by Crippen LogP contribution is -2.12. The van der Waals surface area contributed by atoms with Gasteiger partial charge in [-0.25, -0.2) is 0 Å². The summed E-state index contributed by atoms with van der Waals surface area (Å²) in [4.78, 5) is 20.7. The lowest BCUT2D eigenvalue weighted by molar-refractivity contribution is -0.384. The fourth-order valence-corrected chi connectivity index (χ4v) is 1.76. The number of nitro groups is 1. The molecular weight excluding hydrogens is 322 g/mol. The predicted molar refractivity (Wildman–Crippen MR) is 59.3 cm³/mol. The minimum absolute atomic E-state index is 0.0368. The van der Waals surface area contributed by atoms with Crippen LogP contribution in [0.2, 0.25) is 5.02 Å². The van der Waals surface area contributed by atoms with Gasteiger partial charge in [-0.3, -0.25) is 14.9 Å². The van der Waals surface area contributed by atoms with Crippen molar-refractivity contribution in [1.82, 2.24) is 0 Å². The number of halogens is 2. The van der Waals surface area contributed by atoms with Crippen LogP contribution in [0.15, 0.2) is 12.1 Å². The van der Waals surface area contributed by atoms with Gasteiger partial charge in [0.2, 0.25) is 0 Å². The fraction of sp³-hybridized carbons (Fsp3) is 0. The van der Waals surface area contributed by atoms with Gasteiger partial charge < -0.3 is 5.73 Å². The minimum atomic E-state index is -0.781. The summed E-state index contributed by atoms with van der Waals surface area (Å²) in [5.41, 5.74) is 4.65. The Kier molecular flexibility index (Phi) is 3.27. The molecule has 74 valence electrons. The van der Waals surface area contributed by atoms with Gasteiger partial charge in [-0.1, -0.05) is 11.6 Å². The first kappa shape index (κ1) is 11.2. The van der Waals surface area contributed by atoms with E-state index in [4.69, 9.17) is 17.3 Å². The van der Waals surface area contributed by atoms with E-state index in [2.05, 4.69) is 0 Å². The Balaban J connectivity index is 3.47. The Hall–Kier alpha value is -0.890. The number of hydrogen-bond donors (Lipinski definition) is 1. The van der Waals surface area contributed by atoms with Gasteiger partial charge in [-0.15, -0.1) is 0 Å². The molecule has 1 aromatic rings. The Morgan fingerprint density at radius 2 is 2.14 bits per heavy atom. The Morgan fingerprint density at radius 3 is 2.57 bits per heavy atom. The van der Waals surface area contributed by atoms with Gasteiger partial charge in [0.25, 0.3) is 11.6 Å². The van der Waals surface area contributed by atoms with E-state index in [0.29, 0.717) is 3.57 Å². The predicted octanol–water partition coefficient (Wildman–Crippen LogP) is 1.95. The van der Waals surface area contributed by atoms with Crippen LogP contribution in [0, 0.1) is 13.7 Å². The van der Waals surface area contributed by atoms with Crippen molar-refractivity contribution in [3.63, 3.8) is 0 Å². The van der Waals surface area contributed by atoms with Crippen LogP contribution >= 0.6 is 34.2 Å². The number of nitrogens with zero attached hydrogens (tertiary/aromatic N) is 1. The molecule has 1 amide bonds. The van der Waals surface area contributed by atoms with Crippen molar-refractivity contribution in [1.29, 1.82) is 0 Å². The molecular formula is C7H4ClIN2O3. The molecule has 0 aliphatic heterocycles. The van der Waals surface area contributed by atoms with E-state index in [0.717, 1.165) is 0 Å². The van der Waals surface area contributed by atoms with Crippen molar-refractivity contribution in [3.8, 4) is 0 Å². The molecule has 0 aromatic heterocycles. The molecule has 7 heteroatoms. The van der Waals surface area contributed by atoms with Crippen molar-refractivity contribution < 1.29 is 9.72 Å². The molecule has 1 rings (SSSR count). The molecule has 0 heterocycles. The van der Waals surface area contributed by atoms with Gasteiger partial charge in [-0.2, -0.15) is 0 Å². The summed E-state index contributed by atoms with van der Waals surface area (Å²) < 4.78 is 0.535. The smallest absolute Gasteiger partial charge is 0.289 e. The van der Waals surface area contributed by atoms with E-state index in [1.54, 1.807) is 0 Å². The molecule has 0 bridgehead atoms. The highest BCUT2D eigenvalue weighted by atomic mass is 127. The van der Waals surface area contributed by atoms with Gasteiger partial charge in [-0.05, 0) is 28.7 Å². The van der Waals surface area contributed by atoms with Crippen LogP contribution in [0.4, 0.5) is 5.69 Å². The lowest BCUT2D eigenvalue weighted by atomic mass is 10.2. The number of hydrogen-bond acceptors (Lipinski definition) is 3. The highest BCUT2D eigenvalue weighted by molar-refractivity contribution is 14.1. The molecule has 0 saturated carbocycles. The molecule has 0 fully saturated rings. The summed E-state index contributed by atoms with van der Waals surface area (Å²) in [7, 11) is 0. The highest BCUT2D eigenvalue weighted by Crippen LogP contribution is 2.29. The van der Waals surface area contributed by atoms with Crippen LogP contribution in [0.25, 0.3) is 0 Å². The monoisotopic (exact) mass is 326 g/mol. The van der Waals surface area contributed by atoms with Crippen molar-refractivity contribution in [2.24, 2.45) is 5.73 Å². The number of rotatable bonds is 2. The second kappa shape index (κ2) is 4.09. The van der Waals surface area contributed by atoms with Crippen molar-refractivity contribution in [3.05, 3.63) is 36.4 Å². The SMILES string of the molecule is NC(=O)c1cc(I)cc([N+](=O)[O-])c1Cl. The zero-order valence-electron chi connectivity index (χ0n) is 6.66. The van der Waals surface area contributed by atoms with Crippen LogP contribution in [0.1, 0.15) is 10.4 Å². The summed E-state index contributed by atoms with van der Waals surface area (Å²) in [6.45, 7) is 0. The quantitative estimate of drug-likeness (QED) is 0.512. The molecule has 0 atom stereocenters. The van der Waals surface area contributed by atoms with Crippen LogP contribution in [-0.4, -0.2) is 10.8 Å². The zero-order valence-corrected chi connectivity index (χ0v) is 9.57. The normalized spacial score (nSPS) is 9.86. The number of nitrogens with two attached hydrogens (primary N) is 1. The second-order valence-corrected chi connectivity index (χ2v) is 4.03. The van der Waals surface area contributed by atoms with E-state index in [1.165, 1.54) is 12.1 Å². The number of nitro benzene ring substituents is 1. The number of carbonyl (C=O) groups is 1.